The average molecular weight is 298 g/mol. The lowest BCUT2D eigenvalue weighted by molar-refractivity contribution is 0.411. The van der Waals surface area contributed by atoms with Gasteiger partial charge in [0.05, 0.1) is 5.69 Å². The van der Waals surface area contributed by atoms with E-state index in [0.717, 1.165) is 22.5 Å². The van der Waals surface area contributed by atoms with Gasteiger partial charge in [-0.2, -0.15) is 0 Å². The van der Waals surface area contributed by atoms with Crippen LogP contribution < -0.4 is 10.6 Å². The fourth-order valence-corrected chi connectivity index (χ4v) is 2.70. The quantitative estimate of drug-likeness (QED) is 0.913. The molecule has 2 rings (SSSR count). The molecule has 1 aliphatic heterocycles. The van der Waals surface area contributed by atoms with Crippen molar-refractivity contribution < 1.29 is 0 Å². The topological polar surface area (TPSA) is 42.2 Å². The lowest BCUT2D eigenvalue weighted by Crippen LogP contribution is -2.49. The Bertz CT molecular complexity index is 392. The van der Waals surface area contributed by atoms with Gasteiger partial charge >= 0.3 is 0 Å². The Balaban J connectivity index is 2.26. The first kappa shape index (κ1) is 12.8. The number of hydrogen-bond acceptors (Lipinski definition) is 3. The fourth-order valence-electron chi connectivity index (χ4n) is 2.48. The van der Waals surface area contributed by atoms with E-state index in [9.17, 15) is 0 Å². The van der Waals surface area contributed by atoms with Gasteiger partial charge in [0.25, 0.3) is 0 Å². The van der Waals surface area contributed by atoms with E-state index < -0.39 is 0 Å². The van der Waals surface area contributed by atoms with Crippen molar-refractivity contribution in [2.24, 2.45) is 5.73 Å². The van der Waals surface area contributed by atoms with Crippen LogP contribution in [0.3, 0.4) is 0 Å². The zero-order valence-electron chi connectivity index (χ0n) is 10.5. The molecule has 17 heavy (non-hydrogen) atoms. The molecule has 1 aromatic rings. The molecule has 94 valence electrons. The van der Waals surface area contributed by atoms with E-state index in [1.165, 1.54) is 19.3 Å². The summed E-state index contributed by atoms with van der Waals surface area (Å²) in [5.41, 5.74) is 7.12. The van der Waals surface area contributed by atoms with Gasteiger partial charge in [-0.1, -0.05) is 0 Å². The van der Waals surface area contributed by atoms with Crippen LogP contribution in [0.25, 0.3) is 0 Å². The first-order chi connectivity index (χ1) is 8.09. The van der Waals surface area contributed by atoms with Crippen molar-refractivity contribution in [3.05, 3.63) is 22.3 Å². The molecular weight excluding hydrogens is 278 g/mol. The molecule has 0 aromatic carbocycles. The SMILES string of the molecule is Cc1nc(N2CCCCC2C(C)N)ccc1Br. The molecule has 2 heterocycles. The Morgan fingerprint density at radius 3 is 2.88 bits per heavy atom. The summed E-state index contributed by atoms with van der Waals surface area (Å²) < 4.78 is 1.07. The second-order valence-electron chi connectivity index (χ2n) is 4.85. The molecule has 0 amide bonds. The third-order valence-electron chi connectivity index (χ3n) is 3.46. The Labute approximate surface area is 112 Å². The molecule has 2 atom stereocenters. The lowest BCUT2D eigenvalue weighted by atomic mass is 9.97. The summed E-state index contributed by atoms with van der Waals surface area (Å²) in [6, 6.07) is 4.78. The maximum absolute atomic E-state index is 6.08. The molecule has 1 aliphatic rings. The molecule has 0 radical (unpaired) electrons. The normalized spacial score (nSPS) is 22.6. The molecule has 1 aromatic heterocycles. The molecule has 4 heteroatoms. The molecule has 0 saturated carbocycles. The highest BCUT2D eigenvalue weighted by Crippen LogP contribution is 2.26. The molecule has 1 saturated heterocycles. The van der Waals surface area contributed by atoms with Crippen molar-refractivity contribution >= 4 is 21.7 Å². The second kappa shape index (κ2) is 5.36. The number of piperidine rings is 1. The van der Waals surface area contributed by atoms with Crippen LogP contribution >= 0.6 is 15.9 Å². The monoisotopic (exact) mass is 297 g/mol. The van der Waals surface area contributed by atoms with Crippen LogP contribution in [-0.2, 0) is 0 Å². The zero-order valence-corrected chi connectivity index (χ0v) is 12.1. The molecule has 3 nitrogen and oxygen atoms in total. The smallest absolute Gasteiger partial charge is 0.129 e. The number of hydrogen-bond donors (Lipinski definition) is 1. The Hall–Kier alpha value is -0.610. The molecular formula is C13H20BrN3. The van der Waals surface area contributed by atoms with Crippen LogP contribution in [0.1, 0.15) is 31.9 Å². The lowest BCUT2D eigenvalue weighted by Gasteiger charge is -2.39. The van der Waals surface area contributed by atoms with Crippen molar-refractivity contribution in [1.29, 1.82) is 0 Å². The second-order valence-corrected chi connectivity index (χ2v) is 5.71. The van der Waals surface area contributed by atoms with Crippen LogP contribution in [0.15, 0.2) is 16.6 Å². The standard InChI is InChI=1S/C13H20BrN3/c1-9(15)12-5-3-4-8-17(12)13-7-6-11(14)10(2)16-13/h6-7,9,12H,3-5,8,15H2,1-2H3. The Morgan fingerprint density at radius 2 is 2.24 bits per heavy atom. The van der Waals surface area contributed by atoms with E-state index in [2.05, 4.69) is 44.9 Å². The third kappa shape index (κ3) is 2.80. The fraction of sp³-hybridized carbons (Fsp3) is 0.615. The highest BCUT2D eigenvalue weighted by Gasteiger charge is 2.26. The number of aromatic nitrogens is 1. The number of nitrogens with two attached hydrogens (primary N) is 1. The molecule has 1 fully saturated rings. The number of rotatable bonds is 2. The summed E-state index contributed by atoms with van der Waals surface area (Å²) in [6.07, 6.45) is 3.69. The van der Waals surface area contributed by atoms with Gasteiger partial charge in [0.15, 0.2) is 0 Å². The van der Waals surface area contributed by atoms with Gasteiger partial charge in [0.1, 0.15) is 5.82 Å². The van der Waals surface area contributed by atoms with Crippen LogP contribution in [0.4, 0.5) is 5.82 Å². The minimum atomic E-state index is 0.195. The zero-order chi connectivity index (χ0) is 12.4. The molecule has 2 unspecified atom stereocenters. The van der Waals surface area contributed by atoms with Gasteiger partial charge in [-0.25, -0.2) is 4.98 Å². The summed E-state index contributed by atoms with van der Waals surface area (Å²) in [6.45, 7) is 5.19. The number of aryl methyl sites for hydroxylation is 1. The van der Waals surface area contributed by atoms with Crippen molar-refractivity contribution in [2.75, 3.05) is 11.4 Å². The third-order valence-corrected chi connectivity index (χ3v) is 4.30. The van der Waals surface area contributed by atoms with Gasteiger partial charge in [0, 0.05) is 23.1 Å². The molecule has 0 bridgehead atoms. The van der Waals surface area contributed by atoms with Crippen LogP contribution in [-0.4, -0.2) is 23.6 Å². The van der Waals surface area contributed by atoms with Crippen LogP contribution in [0.2, 0.25) is 0 Å². The number of pyridine rings is 1. The summed E-state index contributed by atoms with van der Waals surface area (Å²) in [5.74, 6) is 1.06. The van der Waals surface area contributed by atoms with Crippen molar-refractivity contribution in [3.63, 3.8) is 0 Å². The maximum Gasteiger partial charge on any atom is 0.129 e. The molecule has 2 N–H and O–H groups in total. The summed E-state index contributed by atoms with van der Waals surface area (Å²) in [7, 11) is 0. The minimum absolute atomic E-state index is 0.195. The maximum atomic E-state index is 6.08. The highest BCUT2D eigenvalue weighted by atomic mass is 79.9. The van der Waals surface area contributed by atoms with Crippen molar-refractivity contribution in [3.8, 4) is 0 Å². The van der Waals surface area contributed by atoms with E-state index in [1.807, 2.05) is 6.92 Å². The highest BCUT2D eigenvalue weighted by molar-refractivity contribution is 9.10. The summed E-state index contributed by atoms with van der Waals surface area (Å²) in [4.78, 5) is 7.02. The van der Waals surface area contributed by atoms with E-state index in [1.54, 1.807) is 0 Å². The van der Waals surface area contributed by atoms with Gasteiger partial charge < -0.3 is 10.6 Å². The average Bonchev–Trinajstić information content (AvgIpc) is 2.32. The first-order valence-electron chi connectivity index (χ1n) is 6.25. The Morgan fingerprint density at radius 1 is 1.47 bits per heavy atom. The van der Waals surface area contributed by atoms with Gasteiger partial charge in [0.2, 0.25) is 0 Å². The van der Waals surface area contributed by atoms with E-state index in [-0.39, 0.29) is 6.04 Å². The van der Waals surface area contributed by atoms with Crippen LogP contribution in [0, 0.1) is 6.92 Å². The van der Waals surface area contributed by atoms with Crippen molar-refractivity contribution in [1.82, 2.24) is 4.98 Å². The number of anilines is 1. The van der Waals surface area contributed by atoms with Gasteiger partial charge in [-0.15, -0.1) is 0 Å². The minimum Gasteiger partial charge on any atom is -0.352 e. The Kier molecular flexibility index (Phi) is 4.05. The van der Waals surface area contributed by atoms with E-state index >= 15 is 0 Å². The molecule has 0 spiro atoms. The summed E-state index contributed by atoms with van der Waals surface area (Å²) in [5, 5.41) is 0. The predicted molar refractivity (Wildman–Crippen MR) is 75.3 cm³/mol. The number of nitrogens with zero attached hydrogens (tertiary/aromatic N) is 2. The van der Waals surface area contributed by atoms with E-state index in [0.29, 0.717) is 6.04 Å². The first-order valence-corrected chi connectivity index (χ1v) is 7.04. The van der Waals surface area contributed by atoms with Crippen LogP contribution in [0.5, 0.6) is 0 Å². The van der Waals surface area contributed by atoms with Crippen molar-refractivity contribution in [2.45, 2.75) is 45.2 Å². The van der Waals surface area contributed by atoms with E-state index in [4.69, 9.17) is 5.73 Å². The largest absolute Gasteiger partial charge is 0.352 e. The van der Waals surface area contributed by atoms with Gasteiger partial charge in [-0.3, -0.25) is 0 Å². The predicted octanol–water partition coefficient (Wildman–Crippen LogP) is 2.86. The molecule has 0 aliphatic carbocycles. The number of halogens is 1. The summed E-state index contributed by atoms with van der Waals surface area (Å²) >= 11 is 3.49. The van der Waals surface area contributed by atoms with Gasteiger partial charge in [-0.05, 0) is 61.2 Å².